The molecule has 0 amide bonds. The fourth-order valence-electron chi connectivity index (χ4n) is 4.94. The van der Waals surface area contributed by atoms with Gasteiger partial charge in [0.2, 0.25) is 0 Å². The van der Waals surface area contributed by atoms with Crippen LogP contribution in [0, 0.1) is 0 Å². The van der Waals surface area contributed by atoms with Crippen molar-refractivity contribution in [1.29, 1.82) is 0 Å². The van der Waals surface area contributed by atoms with Gasteiger partial charge < -0.3 is 28.7 Å². The fourth-order valence-corrected chi connectivity index (χ4v) is 4.94. The minimum absolute atomic E-state index is 0.131. The third-order valence-corrected chi connectivity index (χ3v) is 7.46. The maximum atomic E-state index is 12.1. The Labute approximate surface area is 316 Å². The van der Waals surface area contributed by atoms with Gasteiger partial charge in [-0.2, -0.15) is 16.8 Å². The van der Waals surface area contributed by atoms with Crippen molar-refractivity contribution in [2.75, 3.05) is 77.9 Å². The largest absolute Gasteiger partial charge is 0.496 e. The number of pyridine rings is 2. The third-order valence-electron chi connectivity index (χ3n) is 7.46. The van der Waals surface area contributed by atoms with Crippen molar-refractivity contribution < 1.29 is 54.5 Å². The topological polar surface area (TPSA) is 212 Å². The Morgan fingerprint density at radius 3 is 1.04 bits per heavy atom. The lowest BCUT2D eigenvalue weighted by Crippen LogP contribution is -2.30. The fraction of sp³-hybridized carbons (Fsp3) is 0.333. The van der Waals surface area contributed by atoms with Crippen molar-refractivity contribution in [3.63, 3.8) is 0 Å². The number of rotatable bonds is 13. The average molecular weight is 791 g/mol. The highest BCUT2D eigenvalue weighted by Gasteiger charge is 2.19. The molecule has 16 nitrogen and oxygen atoms in total. The van der Waals surface area contributed by atoms with Crippen molar-refractivity contribution in [1.82, 2.24) is 9.97 Å². The molecule has 0 spiro atoms. The first-order chi connectivity index (χ1) is 25.1. The Kier molecular flexibility index (Phi) is 16.4. The van der Waals surface area contributed by atoms with Crippen LogP contribution in [0.4, 0.5) is 11.4 Å². The van der Waals surface area contributed by atoms with Crippen molar-refractivity contribution in [3.8, 4) is 45.5 Å². The quantitative estimate of drug-likeness (QED) is 0.137. The van der Waals surface area contributed by atoms with Gasteiger partial charge in [0.25, 0.3) is 20.2 Å². The molecule has 0 aliphatic carbocycles. The number of anilines is 2. The van der Waals surface area contributed by atoms with E-state index in [1.807, 2.05) is 50.8 Å². The van der Waals surface area contributed by atoms with E-state index >= 15 is 0 Å². The molecule has 0 radical (unpaired) electrons. The van der Waals surface area contributed by atoms with E-state index in [2.05, 4.69) is 19.8 Å². The van der Waals surface area contributed by atoms with Crippen LogP contribution in [0.3, 0.4) is 0 Å². The number of ketones is 2. The summed E-state index contributed by atoms with van der Waals surface area (Å²) in [7, 11) is 2.82. The Balaban J connectivity index is 0.000000892. The maximum Gasteiger partial charge on any atom is 0.261 e. The zero-order chi connectivity index (χ0) is 41.0. The zero-order valence-corrected chi connectivity index (χ0v) is 33.4. The molecule has 0 saturated carbocycles. The van der Waals surface area contributed by atoms with Crippen molar-refractivity contribution in [3.05, 3.63) is 72.1 Å². The van der Waals surface area contributed by atoms with E-state index in [0.717, 1.165) is 47.0 Å². The predicted octanol–water partition coefficient (Wildman–Crippen LogP) is 4.83. The molecule has 0 bridgehead atoms. The third kappa shape index (κ3) is 13.9. The van der Waals surface area contributed by atoms with Gasteiger partial charge in [-0.1, -0.05) is 0 Å². The summed E-state index contributed by atoms with van der Waals surface area (Å²) in [5.74, 6) is 1.54. The summed E-state index contributed by atoms with van der Waals surface area (Å²) in [6.07, 6.45) is 5.08. The highest BCUT2D eigenvalue weighted by atomic mass is 32.2. The molecule has 0 atom stereocenters. The van der Waals surface area contributed by atoms with Gasteiger partial charge in [-0.15, -0.1) is 0 Å². The smallest absolute Gasteiger partial charge is 0.261 e. The van der Waals surface area contributed by atoms with Gasteiger partial charge in [0.15, 0.2) is 11.6 Å². The number of hydrogen-bond donors (Lipinski definition) is 2. The highest BCUT2D eigenvalue weighted by Crippen LogP contribution is 2.36. The lowest BCUT2D eigenvalue weighted by molar-refractivity contribution is 0.0998. The van der Waals surface area contributed by atoms with Gasteiger partial charge in [0.1, 0.15) is 34.1 Å². The maximum absolute atomic E-state index is 12.1. The first kappa shape index (κ1) is 44.9. The van der Waals surface area contributed by atoms with Crippen molar-refractivity contribution in [2.24, 2.45) is 0 Å². The minimum atomic E-state index is -3.67. The van der Waals surface area contributed by atoms with Crippen LogP contribution in [0.15, 0.2) is 60.9 Å². The van der Waals surface area contributed by atoms with Gasteiger partial charge in [0.05, 0.1) is 76.1 Å². The second-order valence-electron chi connectivity index (χ2n) is 11.7. The molecule has 54 heavy (non-hydrogen) atoms. The summed E-state index contributed by atoms with van der Waals surface area (Å²) in [5.41, 5.74) is 5.81. The SMILES string of the molecule is COc1cc(-c2ccc(N(C)CCN(C)c3ccc(-c4cc(OC)c(C(C)=O)c(OC)c4)nc3)cn2)cc(OC)c1C(C)=O.CS(=O)(=O)O.CS(=O)(=O)O. The first-order valence-corrected chi connectivity index (χ1v) is 19.5. The Bertz CT molecular complexity index is 1910. The Morgan fingerprint density at radius 1 is 0.593 bits per heavy atom. The van der Waals surface area contributed by atoms with Crippen LogP contribution in [0.1, 0.15) is 34.6 Å². The summed E-state index contributed by atoms with van der Waals surface area (Å²) in [4.78, 5) is 37.8. The summed E-state index contributed by atoms with van der Waals surface area (Å²) >= 11 is 0. The van der Waals surface area contributed by atoms with E-state index in [1.54, 1.807) is 24.3 Å². The summed E-state index contributed by atoms with van der Waals surface area (Å²) in [5, 5.41) is 0. The molecule has 0 aliphatic rings. The van der Waals surface area contributed by atoms with Crippen LogP contribution in [-0.4, -0.2) is 116 Å². The van der Waals surface area contributed by atoms with Crippen LogP contribution in [0.25, 0.3) is 22.5 Å². The predicted molar refractivity (Wildman–Crippen MR) is 207 cm³/mol. The number of carbonyl (C=O) groups is 2. The van der Waals surface area contributed by atoms with E-state index in [-0.39, 0.29) is 11.6 Å². The van der Waals surface area contributed by atoms with E-state index in [4.69, 9.17) is 28.1 Å². The molecular weight excluding hydrogens is 745 g/mol. The normalized spacial score (nSPS) is 10.8. The van der Waals surface area contributed by atoms with E-state index < -0.39 is 20.2 Å². The van der Waals surface area contributed by atoms with E-state index in [0.29, 0.717) is 46.6 Å². The Hall–Kier alpha value is -5.30. The van der Waals surface area contributed by atoms with Crippen LogP contribution < -0.4 is 28.7 Å². The molecular formula is C36H46N4O12S2. The number of benzene rings is 2. The second kappa shape index (κ2) is 19.7. The molecule has 4 rings (SSSR count). The number of aromatic nitrogens is 2. The molecule has 294 valence electrons. The molecule has 2 N–H and O–H groups in total. The van der Waals surface area contributed by atoms with Gasteiger partial charge in [-0.3, -0.25) is 28.7 Å². The number of carbonyl (C=O) groups excluding carboxylic acids is 2. The second-order valence-corrected chi connectivity index (χ2v) is 14.7. The number of ether oxygens (including phenoxy) is 4. The number of hydrogen-bond acceptors (Lipinski definition) is 14. The molecule has 0 saturated heterocycles. The van der Waals surface area contributed by atoms with Gasteiger partial charge >= 0.3 is 0 Å². The molecule has 0 aliphatic heterocycles. The Morgan fingerprint density at radius 2 is 0.852 bits per heavy atom. The molecule has 0 fully saturated rings. The van der Waals surface area contributed by atoms with Gasteiger partial charge in [-0.05, 0) is 62.4 Å². The van der Waals surface area contributed by atoms with E-state index in [1.165, 1.54) is 42.3 Å². The molecule has 2 heterocycles. The first-order valence-electron chi connectivity index (χ1n) is 15.9. The van der Waals surface area contributed by atoms with Crippen LogP contribution >= 0.6 is 0 Å². The molecule has 2 aromatic carbocycles. The summed E-state index contributed by atoms with van der Waals surface area (Å²) < 4.78 is 73.6. The lowest BCUT2D eigenvalue weighted by atomic mass is 10.0. The standard InChI is InChI=1S/C34H38N4O6.2CH4O3S/c1-21(39)33-29(41-5)15-23(16-30(33)42-6)27-11-9-25(19-35-27)37(3)13-14-38(4)26-10-12-28(36-20-26)24-17-31(43-7)34(22(2)40)32(18-24)44-8;2*1-5(2,3)4/h9-12,15-20H,13-14H2,1-8H3;2*1H3,(H,2,3,4). The van der Waals surface area contributed by atoms with Crippen molar-refractivity contribution in [2.45, 2.75) is 13.8 Å². The van der Waals surface area contributed by atoms with Crippen LogP contribution in [0.5, 0.6) is 23.0 Å². The molecule has 18 heteroatoms. The lowest BCUT2D eigenvalue weighted by Gasteiger charge is -2.25. The number of methoxy groups -OCH3 is 4. The zero-order valence-electron chi connectivity index (χ0n) is 31.8. The summed E-state index contributed by atoms with van der Waals surface area (Å²) in [6.45, 7) is 4.46. The number of nitrogens with zero attached hydrogens (tertiary/aromatic N) is 4. The van der Waals surface area contributed by atoms with Crippen LogP contribution in [-0.2, 0) is 20.2 Å². The molecule has 4 aromatic rings. The molecule has 2 aromatic heterocycles. The van der Waals surface area contributed by atoms with Gasteiger partial charge in [-0.25, -0.2) is 0 Å². The number of likely N-dealkylation sites (N-methyl/N-ethyl adjacent to an activating group) is 2. The summed E-state index contributed by atoms with van der Waals surface area (Å²) in [6, 6.07) is 15.1. The van der Waals surface area contributed by atoms with Crippen LogP contribution in [0.2, 0.25) is 0 Å². The average Bonchev–Trinajstić information content (AvgIpc) is 3.10. The highest BCUT2D eigenvalue weighted by molar-refractivity contribution is 7.85. The monoisotopic (exact) mass is 790 g/mol. The van der Waals surface area contributed by atoms with Crippen molar-refractivity contribution >= 4 is 43.2 Å². The molecule has 0 unspecified atom stereocenters. The van der Waals surface area contributed by atoms with Gasteiger partial charge in [0, 0.05) is 38.3 Å². The number of Topliss-reactive ketones (excluding diaryl/α,β-unsaturated/α-hetero) is 2. The minimum Gasteiger partial charge on any atom is -0.496 e. The van der Waals surface area contributed by atoms with E-state index in [9.17, 15) is 26.4 Å².